The summed E-state index contributed by atoms with van der Waals surface area (Å²) in [5.41, 5.74) is 6.01. The Morgan fingerprint density at radius 2 is 2.18 bits per heavy atom. The van der Waals surface area contributed by atoms with Gasteiger partial charge in [0.1, 0.15) is 0 Å². The molecule has 0 fully saturated rings. The van der Waals surface area contributed by atoms with Crippen molar-refractivity contribution in [1.29, 1.82) is 0 Å². The third-order valence-electron chi connectivity index (χ3n) is 2.24. The number of aryl methyl sites for hydroxylation is 1. The van der Waals surface area contributed by atoms with Crippen LogP contribution in [0, 0.1) is 0 Å². The third-order valence-corrected chi connectivity index (χ3v) is 4.89. The minimum Gasteiger partial charge on any atom is -0.398 e. The molecule has 2 aromatic heterocycles. The summed E-state index contributed by atoms with van der Waals surface area (Å²) < 4.78 is 14.2. The number of hydrogen-bond donors (Lipinski definition) is 1. The van der Waals surface area contributed by atoms with Gasteiger partial charge in [0.15, 0.2) is 0 Å². The van der Waals surface area contributed by atoms with Gasteiger partial charge in [0, 0.05) is 30.2 Å². The maximum atomic E-state index is 11.9. The fourth-order valence-corrected chi connectivity index (χ4v) is 3.49. The second-order valence-corrected chi connectivity index (χ2v) is 6.22. The molecule has 0 saturated carbocycles. The fraction of sp³-hybridized carbons (Fsp3) is 0.182. The second-order valence-electron chi connectivity index (χ2n) is 3.48. The zero-order valence-electron chi connectivity index (χ0n) is 9.04. The number of rotatable bonds is 4. The van der Waals surface area contributed by atoms with E-state index in [-0.39, 0.29) is 5.56 Å². The number of thiophene rings is 1. The molecule has 0 bridgehead atoms. The first-order valence-electron chi connectivity index (χ1n) is 5.04. The van der Waals surface area contributed by atoms with Crippen molar-refractivity contribution in [3.63, 3.8) is 0 Å². The van der Waals surface area contributed by atoms with E-state index in [4.69, 9.17) is 5.73 Å². The highest BCUT2D eigenvalue weighted by Gasteiger charge is 2.05. The van der Waals surface area contributed by atoms with Crippen molar-refractivity contribution in [3.05, 3.63) is 46.2 Å². The van der Waals surface area contributed by atoms with Crippen LogP contribution in [0.25, 0.3) is 0 Å². The summed E-state index contributed by atoms with van der Waals surface area (Å²) in [4.78, 5) is 11.5. The van der Waals surface area contributed by atoms with Crippen molar-refractivity contribution in [2.75, 3.05) is 11.5 Å². The quantitative estimate of drug-likeness (QED) is 0.909. The van der Waals surface area contributed by atoms with E-state index in [9.17, 15) is 9.00 Å². The molecule has 4 nitrogen and oxygen atoms in total. The minimum atomic E-state index is -1.05. The third kappa shape index (κ3) is 3.04. The Morgan fingerprint density at radius 1 is 1.35 bits per heavy atom. The predicted octanol–water partition coefficient (Wildman–Crippen LogP) is 1.30. The van der Waals surface area contributed by atoms with E-state index in [0.29, 0.717) is 18.0 Å². The van der Waals surface area contributed by atoms with Gasteiger partial charge in [0.05, 0.1) is 15.0 Å². The van der Waals surface area contributed by atoms with Gasteiger partial charge in [0.2, 0.25) is 0 Å². The number of nitrogen functional groups attached to an aromatic ring is 1. The number of hydrogen-bond acceptors (Lipinski definition) is 4. The monoisotopic (exact) mass is 268 g/mol. The minimum absolute atomic E-state index is 0.123. The first-order valence-corrected chi connectivity index (χ1v) is 7.24. The molecular weight excluding hydrogens is 256 g/mol. The van der Waals surface area contributed by atoms with Gasteiger partial charge in [-0.25, -0.2) is 0 Å². The lowest BCUT2D eigenvalue weighted by Gasteiger charge is -2.05. The molecule has 1 atom stereocenters. The van der Waals surface area contributed by atoms with Crippen LogP contribution in [0.15, 0.2) is 44.8 Å². The lowest BCUT2D eigenvalue weighted by molar-refractivity contribution is 0.670. The molecule has 6 heteroatoms. The van der Waals surface area contributed by atoms with Crippen LogP contribution >= 0.6 is 11.3 Å². The molecule has 0 radical (unpaired) electrons. The van der Waals surface area contributed by atoms with Crippen LogP contribution in [0.3, 0.4) is 0 Å². The van der Waals surface area contributed by atoms with Crippen molar-refractivity contribution in [2.24, 2.45) is 0 Å². The first-order chi connectivity index (χ1) is 8.16. The number of nitrogens with two attached hydrogens (primary N) is 1. The van der Waals surface area contributed by atoms with Gasteiger partial charge in [0.25, 0.3) is 5.56 Å². The van der Waals surface area contributed by atoms with E-state index in [0.717, 1.165) is 4.21 Å². The summed E-state index contributed by atoms with van der Waals surface area (Å²) in [6.45, 7) is 0.411. The lowest BCUT2D eigenvalue weighted by Crippen LogP contribution is -2.21. The average Bonchev–Trinajstić information content (AvgIpc) is 2.83. The van der Waals surface area contributed by atoms with Crippen LogP contribution in [0.1, 0.15) is 0 Å². The molecule has 0 amide bonds. The van der Waals surface area contributed by atoms with E-state index >= 15 is 0 Å². The molecule has 17 heavy (non-hydrogen) atoms. The van der Waals surface area contributed by atoms with Crippen LogP contribution < -0.4 is 11.3 Å². The van der Waals surface area contributed by atoms with Gasteiger partial charge in [-0.3, -0.25) is 9.00 Å². The van der Waals surface area contributed by atoms with E-state index < -0.39 is 10.8 Å². The van der Waals surface area contributed by atoms with Crippen molar-refractivity contribution in [2.45, 2.75) is 10.8 Å². The number of nitrogens with zero attached hydrogens (tertiary/aromatic N) is 1. The molecule has 2 heterocycles. The average molecular weight is 268 g/mol. The van der Waals surface area contributed by atoms with Crippen molar-refractivity contribution >= 4 is 27.8 Å². The zero-order valence-corrected chi connectivity index (χ0v) is 10.7. The Labute approximate surface area is 105 Å². The molecule has 0 aliphatic rings. The standard InChI is InChI=1S/C11H12N2O2S2/c12-9-3-4-10(14)13(8-9)5-7-17(15)11-2-1-6-16-11/h1-4,6,8H,5,7,12H2. The van der Waals surface area contributed by atoms with Gasteiger partial charge >= 0.3 is 0 Å². The van der Waals surface area contributed by atoms with Crippen molar-refractivity contribution in [1.82, 2.24) is 4.57 Å². The van der Waals surface area contributed by atoms with E-state index in [1.165, 1.54) is 22.0 Å². The molecular formula is C11H12N2O2S2. The largest absolute Gasteiger partial charge is 0.398 e. The summed E-state index contributed by atoms with van der Waals surface area (Å²) in [6.07, 6.45) is 1.58. The van der Waals surface area contributed by atoms with Gasteiger partial charge in [-0.05, 0) is 17.5 Å². The highest BCUT2D eigenvalue weighted by Crippen LogP contribution is 2.13. The molecule has 0 aliphatic heterocycles. The van der Waals surface area contributed by atoms with Crippen LogP contribution in [-0.4, -0.2) is 14.5 Å². The van der Waals surface area contributed by atoms with Crippen molar-refractivity contribution in [3.8, 4) is 0 Å². The van der Waals surface area contributed by atoms with Gasteiger partial charge in [-0.1, -0.05) is 6.07 Å². The molecule has 2 rings (SSSR count). The molecule has 0 spiro atoms. The molecule has 1 unspecified atom stereocenters. The Kier molecular flexibility index (Phi) is 3.75. The van der Waals surface area contributed by atoms with E-state index in [2.05, 4.69) is 0 Å². The number of aromatic nitrogens is 1. The zero-order chi connectivity index (χ0) is 12.3. The first kappa shape index (κ1) is 12.1. The fourth-order valence-electron chi connectivity index (χ4n) is 1.40. The van der Waals surface area contributed by atoms with Crippen LogP contribution in [0.2, 0.25) is 0 Å². The Morgan fingerprint density at radius 3 is 2.88 bits per heavy atom. The van der Waals surface area contributed by atoms with Gasteiger partial charge in [-0.15, -0.1) is 11.3 Å². The maximum absolute atomic E-state index is 11.9. The highest BCUT2D eigenvalue weighted by atomic mass is 32.2. The van der Waals surface area contributed by atoms with Crippen LogP contribution in [0.4, 0.5) is 5.69 Å². The molecule has 2 aromatic rings. The second kappa shape index (κ2) is 5.29. The molecule has 0 saturated heterocycles. The Hall–Kier alpha value is -1.40. The Balaban J connectivity index is 2.05. The normalized spacial score (nSPS) is 12.5. The number of pyridine rings is 1. The summed E-state index contributed by atoms with van der Waals surface area (Å²) in [7, 11) is -1.05. The van der Waals surface area contributed by atoms with Gasteiger partial charge in [-0.2, -0.15) is 0 Å². The highest BCUT2D eigenvalue weighted by molar-refractivity contribution is 7.87. The summed E-state index contributed by atoms with van der Waals surface area (Å²) in [6, 6.07) is 6.69. The molecule has 90 valence electrons. The van der Waals surface area contributed by atoms with E-state index in [1.54, 1.807) is 12.3 Å². The summed E-state index contributed by atoms with van der Waals surface area (Å²) in [5, 5.41) is 1.89. The summed E-state index contributed by atoms with van der Waals surface area (Å²) in [5.74, 6) is 0.421. The molecule has 2 N–H and O–H groups in total. The maximum Gasteiger partial charge on any atom is 0.250 e. The Bertz CT molecular complexity index is 575. The van der Waals surface area contributed by atoms with Gasteiger partial charge < -0.3 is 10.3 Å². The van der Waals surface area contributed by atoms with Crippen LogP contribution in [0.5, 0.6) is 0 Å². The van der Waals surface area contributed by atoms with Crippen LogP contribution in [-0.2, 0) is 17.3 Å². The van der Waals surface area contributed by atoms with Crippen molar-refractivity contribution < 1.29 is 4.21 Å². The smallest absolute Gasteiger partial charge is 0.250 e. The lowest BCUT2D eigenvalue weighted by atomic mass is 10.4. The predicted molar refractivity (Wildman–Crippen MR) is 70.7 cm³/mol. The number of anilines is 1. The molecule has 0 aromatic carbocycles. The van der Waals surface area contributed by atoms with E-state index in [1.807, 2.05) is 17.5 Å². The molecule has 0 aliphatic carbocycles. The topological polar surface area (TPSA) is 65.1 Å². The summed E-state index contributed by atoms with van der Waals surface area (Å²) >= 11 is 1.46. The SMILES string of the molecule is Nc1ccc(=O)n(CCS(=O)c2cccs2)c1.